The van der Waals surface area contributed by atoms with Crippen molar-refractivity contribution in [2.45, 2.75) is 19.9 Å². The predicted octanol–water partition coefficient (Wildman–Crippen LogP) is 4.48. The van der Waals surface area contributed by atoms with E-state index in [2.05, 4.69) is 11.9 Å². The number of benzene rings is 2. The van der Waals surface area contributed by atoms with E-state index in [1.165, 1.54) is 52.1 Å². The Kier molecular flexibility index (Phi) is 5.24. The summed E-state index contributed by atoms with van der Waals surface area (Å²) in [6.07, 6.45) is 2.28. The van der Waals surface area contributed by atoms with E-state index in [1.54, 1.807) is 0 Å². The molecule has 0 bridgehead atoms. The average Bonchev–Trinajstić information content (AvgIpc) is 3.20. The van der Waals surface area contributed by atoms with Crippen LogP contribution in [0.5, 0.6) is 0 Å². The van der Waals surface area contributed by atoms with E-state index in [-0.39, 0.29) is 23.4 Å². The number of hydrogen-bond donors (Lipinski definition) is 0. The van der Waals surface area contributed by atoms with E-state index in [4.69, 9.17) is 0 Å². The molecule has 0 saturated carbocycles. The molecular weight excluding hydrogens is 402 g/mol. The normalized spacial score (nSPS) is 11.0. The summed E-state index contributed by atoms with van der Waals surface area (Å²) >= 11 is 1.38. The summed E-state index contributed by atoms with van der Waals surface area (Å²) in [6.45, 7) is 1.84. The topological polar surface area (TPSA) is 95.1 Å². The van der Waals surface area contributed by atoms with E-state index in [9.17, 15) is 19.7 Å². The molecule has 0 N–H and O–H groups in total. The maximum Gasteiger partial charge on any atom is 0.270 e. The highest BCUT2D eigenvalue weighted by atomic mass is 32.1. The monoisotopic (exact) mass is 419 g/mol. The molecule has 0 aliphatic rings. The van der Waals surface area contributed by atoms with Gasteiger partial charge in [0, 0.05) is 28.6 Å². The fourth-order valence-corrected chi connectivity index (χ4v) is 4.16. The summed E-state index contributed by atoms with van der Waals surface area (Å²) in [5.74, 6) is -0.397. The molecule has 2 heterocycles. The van der Waals surface area contributed by atoms with Gasteiger partial charge in [-0.2, -0.15) is 0 Å². The number of nitro benzene ring substituents is 1. The molecule has 0 radical (unpaired) electrons. The first-order chi connectivity index (χ1) is 14.5. The molecule has 30 heavy (non-hydrogen) atoms. The van der Waals surface area contributed by atoms with E-state index < -0.39 is 10.7 Å². The second-order valence-electron chi connectivity index (χ2n) is 6.79. The largest absolute Gasteiger partial charge is 0.292 e. The number of carbonyl (C=O) groups is 1. The third kappa shape index (κ3) is 3.65. The van der Waals surface area contributed by atoms with Crippen molar-refractivity contribution in [2.24, 2.45) is 0 Å². The number of thiophene rings is 1. The van der Waals surface area contributed by atoms with Crippen molar-refractivity contribution in [3.8, 4) is 11.1 Å². The van der Waals surface area contributed by atoms with Gasteiger partial charge in [-0.1, -0.05) is 43.3 Å². The Bertz CT molecular complexity index is 1320. The minimum absolute atomic E-state index is 0.169. The number of carbonyl (C=O) groups excluding carboxylic acids is 1. The smallest absolute Gasteiger partial charge is 0.270 e. The Morgan fingerprint density at radius 1 is 1.20 bits per heavy atom. The minimum atomic E-state index is -0.558. The van der Waals surface area contributed by atoms with Crippen molar-refractivity contribution >= 4 is 33.0 Å². The van der Waals surface area contributed by atoms with Crippen LogP contribution in [0.2, 0.25) is 0 Å². The first-order valence-electron chi connectivity index (χ1n) is 9.31. The molecular formula is C22H17N3O4S. The second-order valence-corrected chi connectivity index (χ2v) is 7.65. The van der Waals surface area contributed by atoms with Gasteiger partial charge in [-0.05, 0) is 17.5 Å². The van der Waals surface area contributed by atoms with E-state index >= 15 is 0 Å². The molecule has 2 aromatic heterocycles. The van der Waals surface area contributed by atoms with Gasteiger partial charge < -0.3 is 0 Å². The first kappa shape index (κ1) is 19.7. The van der Waals surface area contributed by atoms with Crippen LogP contribution >= 0.6 is 11.3 Å². The molecule has 8 heteroatoms. The number of rotatable bonds is 6. The zero-order valence-corrected chi connectivity index (χ0v) is 16.9. The molecule has 0 atom stereocenters. The summed E-state index contributed by atoms with van der Waals surface area (Å²) in [4.78, 5) is 41.1. The standard InChI is InChI=1S/C22H17N3O4S/c1-2-14-6-8-15(9-7-14)18-12-30-21-20(18)22(27)24(13-23-21)11-19(26)16-4-3-5-17(10-16)25(28)29/h3-10,12-13H,2,11H2,1H3. The maximum atomic E-state index is 13.1. The molecule has 0 unspecified atom stereocenters. The van der Waals surface area contributed by atoms with Crippen molar-refractivity contribution < 1.29 is 9.72 Å². The highest BCUT2D eigenvalue weighted by Crippen LogP contribution is 2.30. The van der Waals surface area contributed by atoms with Gasteiger partial charge in [-0.25, -0.2) is 4.98 Å². The molecule has 0 aliphatic heterocycles. The van der Waals surface area contributed by atoms with Crippen LogP contribution in [0.1, 0.15) is 22.8 Å². The molecule has 0 aliphatic carbocycles. The minimum Gasteiger partial charge on any atom is -0.292 e. The summed E-state index contributed by atoms with van der Waals surface area (Å²) in [6, 6.07) is 13.5. The third-order valence-electron chi connectivity index (χ3n) is 4.93. The SMILES string of the molecule is CCc1ccc(-c2csc3ncn(CC(=O)c4cccc([N+](=O)[O-])c4)c(=O)c23)cc1. The number of nitrogens with zero attached hydrogens (tertiary/aromatic N) is 3. The lowest BCUT2D eigenvalue weighted by Crippen LogP contribution is -2.24. The number of nitro groups is 1. The fourth-order valence-electron chi connectivity index (χ4n) is 3.25. The number of hydrogen-bond acceptors (Lipinski definition) is 6. The summed E-state index contributed by atoms with van der Waals surface area (Å²) in [5, 5.41) is 13.3. The Balaban J connectivity index is 1.71. The van der Waals surface area contributed by atoms with Crippen molar-refractivity contribution in [3.63, 3.8) is 0 Å². The van der Waals surface area contributed by atoms with E-state index in [0.29, 0.717) is 10.2 Å². The van der Waals surface area contributed by atoms with Gasteiger partial charge in [0.25, 0.3) is 11.2 Å². The van der Waals surface area contributed by atoms with E-state index in [0.717, 1.165) is 17.5 Å². The molecule has 4 aromatic rings. The Morgan fingerprint density at radius 2 is 1.97 bits per heavy atom. The molecule has 4 rings (SSSR count). The Labute approximate surface area is 175 Å². The maximum absolute atomic E-state index is 13.1. The highest BCUT2D eigenvalue weighted by Gasteiger charge is 2.17. The molecule has 150 valence electrons. The number of Topliss-reactive ketones (excluding diaryl/α,β-unsaturated/α-hetero) is 1. The summed E-state index contributed by atoms with van der Waals surface area (Å²) in [5.41, 5.74) is 2.60. The summed E-state index contributed by atoms with van der Waals surface area (Å²) in [7, 11) is 0. The lowest BCUT2D eigenvalue weighted by atomic mass is 10.0. The first-order valence-corrected chi connectivity index (χ1v) is 10.2. The van der Waals surface area contributed by atoms with Crippen LogP contribution in [0.15, 0.2) is 65.0 Å². The van der Waals surface area contributed by atoms with Crippen molar-refractivity contribution in [1.29, 1.82) is 0 Å². The van der Waals surface area contributed by atoms with Crippen LogP contribution in [-0.2, 0) is 13.0 Å². The molecule has 0 fully saturated rings. The van der Waals surface area contributed by atoms with Crippen molar-refractivity contribution in [2.75, 3.05) is 0 Å². The van der Waals surface area contributed by atoms with Crippen LogP contribution in [-0.4, -0.2) is 20.3 Å². The van der Waals surface area contributed by atoms with Crippen molar-refractivity contribution in [1.82, 2.24) is 9.55 Å². The fraction of sp³-hybridized carbons (Fsp3) is 0.136. The average molecular weight is 419 g/mol. The quantitative estimate of drug-likeness (QED) is 0.261. The molecule has 0 spiro atoms. The van der Waals surface area contributed by atoms with Crippen LogP contribution in [0, 0.1) is 10.1 Å². The van der Waals surface area contributed by atoms with E-state index in [1.807, 2.05) is 29.6 Å². The van der Waals surface area contributed by atoms with Gasteiger partial charge in [-0.15, -0.1) is 11.3 Å². The highest BCUT2D eigenvalue weighted by molar-refractivity contribution is 7.17. The van der Waals surface area contributed by atoms with Gasteiger partial charge in [0.05, 0.1) is 23.2 Å². The molecule has 0 saturated heterocycles. The van der Waals surface area contributed by atoms with Gasteiger partial charge in [0.2, 0.25) is 0 Å². The van der Waals surface area contributed by atoms with Gasteiger partial charge in [0.15, 0.2) is 5.78 Å². The third-order valence-corrected chi connectivity index (χ3v) is 5.81. The van der Waals surface area contributed by atoms with Gasteiger partial charge in [-0.3, -0.25) is 24.3 Å². The number of fused-ring (bicyclic) bond motifs is 1. The number of aromatic nitrogens is 2. The zero-order chi connectivity index (χ0) is 21.3. The van der Waals surface area contributed by atoms with Crippen molar-refractivity contribution in [3.05, 3.63) is 91.8 Å². The van der Waals surface area contributed by atoms with Crippen LogP contribution < -0.4 is 5.56 Å². The Morgan fingerprint density at radius 3 is 2.67 bits per heavy atom. The van der Waals surface area contributed by atoms with Crippen LogP contribution in [0.25, 0.3) is 21.3 Å². The number of ketones is 1. The van der Waals surface area contributed by atoms with Gasteiger partial charge >= 0.3 is 0 Å². The Hall–Kier alpha value is -3.65. The lowest BCUT2D eigenvalue weighted by molar-refractivity contribution is -0.384. The van der Waals surface area contributed by atoms with Gasteiger partial charge in [0.1, 0.15) is 4.83 Å². The number of non-ortho nitro benzene ring substituents is 1. The molecule has 0 amide bonds. The second kappa shape index (κ2) is 8.00. The molecule has 2 aromatic carbocycles. The van der Waals surface area contributed by atoms with Crippen LogP contribution in [0.3, 0.4) is 0 Å². The summed E-state index contributed by atoms with van der Waals surface area (Å²) < 4.78 is 1.25. The van der Waals surface area contributed by atoms with Crippen LogP contribution in [0.4, 0.5) is 5.69 Å². The molecule has 7 nitrogen and oxygen atoms in total. The lowest BCUT2D eigenvalue weighted by Gasteiger charge is -2.06. The zero-order valence-electron chi connectivity index (χ0n) is 16.1. The predicted molar refractivity (Wildman–Crippen MR) is 116 cm³/mol. The number of aryl methyl sites for hydroxylation is 1.